The van der Waals surface area contributed by atoms with Gasteiger partial charge >= 0.3 is 5.97 Å². The van der Waals surface area contributed by atoms with Crippen LogP contribution in [0.2, 0.25) is 0 Å². The molecule has 1 aliphatic heterocycles. The zero-order chi connectivity index (χ0) is 44.4. The second-order valence-corrected chi connectivity index (χ2v) is 16.9. The maximum absolute atomic E-state index is 14.0. The molecule has 0 unspecified atom stereocenters. The third-order valence-corrected chi connectivity index (χ3v) is 11.3. The number of phenolic OH excluding ortho intramolecular Hbond substituents is 1. The number of hydrogen-bond donors (Lipinski definition) is 9. The van der Waals surface area contributed by atoms with Crippen LogP contribution in [0.5, 0.6) is 5.75 Å². The molecule has 0 bridgehead atoms. The summed E-state index contributed by atoms with van der Waals surface area (Å²) in [7, 11) is 0. The van der Waals surface area contributed by atoms with Gasteiger partial charge in [0.25, 0.3) is 0 Å². The van der Waals surface area contributed by atoms with Gasteiger partial charge < -0.3 is 52.5 Å². The third kappa shape index (κ3) is 15.3. The van der Waals surface area contributed by atoms with E-state index in [1.165, 1.54) is 52.7 Å². The number of nitrogens with two attached hydrogens (primary N) is 1. The van der Waals surface area contributed by atoms with Gasteiger partial charge in [-0.15, -0.1) is 0 Å². The molecule has 1 aliphatic rings. The van der Waals surface area contributed by atoms with E-state index in [0.717, 1.165) is 0 Å². The van der Waals surface area contributed by atoms with Crippen molar-refractivity contribution in [3.8, 4) is 5.75 Å². The second kappa shape index (κ2) is 25.0. The van der Waals surface area contributed by atoms with Crippen LogP contribution in [-0.4, -0.2) is 141 Å². The van der Waals surface area contributed by atoms with E-state index in [2.05, 4.69) is 26.6 Å². The molecule has 2 aromatic carbocycles. The van der Waals surface area contributed by atoms with Crippen LogP contribution >= 0.6 is 23.5 Å². The molecule has 3 rings (SSSR count). The monoisotopic (exact) mass is 873 g/mol. The number of carboxylic acid groups (broad SMARTS) is 1. The van der Waals surface area contributed by atoms with Crippen LogP contribution in [0.4, 0.5) is 0 Å². The number of nitrogens with one attached hydrogen (secondary N) is 5. The molecule has 2 aromatic rings. The number of carbonyl (C=O) groups is 7. The van der Waals surface area contributed by atoms with E-state index >= 15 is 0 Å². The summed E-state index contributed by atoms with van der Waals surface area (Å²) in [6.45, 7) is 3.04. The van der Waals surface area contributed by atoms with Gasteiger partial charge in [-0.3, -0.25) is 28.8 Å². The van der Waals surface area contributed by atoms with Gasteiger partial charge in [-0.1, -0.05) is 56.3 Å². The first kappa shape index (κ1) is 49.5. The number of hydrogen-bond acceptors (Lipinski definition) is 12. The Hall–Kier alpha value is -4.85. The molecule has 0 spiro atoms. The number of phenols is 1. The summed E-state index contributed by atoms with van der Waals surface area (Å²) in [6.07, 6.45) is 4.86. The van der Waals surface area contributed by atoms with Crippen molar-refractivity contribution in [2.75, 3.05) is 37.2 Å². The predicted molar refractivity (Wildman–Crippen MR) is 230 cm³/mol. The number of aromatic hydroxyl groups is 1. The van der Waals surface area contributed by atoms with Crippen molar-refractivity contribution in [3.63, 3.8) is 0 Å². The number of aliphatic hydroxyl groups is 1. The van der Waals surface area contributed by atoms with Gasteiger partial charge in [0.1, 0.15) is 48.0 Å². The first-order valence-electron chi connectivity index (χ1n) is 19.8. The lowest BCUT2D eigenvalue weighted by Gasteiger charge is -2.31. The van der Waals surface area contributed by atoms with Crippen molar-refractivity contribution >= 4 is 64.9 Å². The van der Waals surface area contributed by atoms with Gasteiger partial charge in [-0.2, -0.15) is 23.5 Å². The maximum atomic E-state index is 14.0. The van der Waals surface area contributed by atoms with E-state index < -0.39 is 96.2 Å². The highest BCUT2D eigenvalue weighted by atomic mass is 32.2. The lowest BCUT2D eigenvalue weighted by atomic mass is 9.99. The van der Waals surface area contributed by atoms with Crippen LogP contribution in [0.3, 0.4) is 0 Å². The van der Waals surface area contributed by atoms with Gasteiger partial charge in [-0.25, -0.2) is 4.79 Å². The SMILES string of the molecule is CSCC[C@H](NC(=O)[C@@H]1CCCN1C(=O)[C@H](CCSC)NC(=O)[C@@H](N)CO)C(=O)N[C@H](C(=O)N[C@@H](Cc1ccccc1)C(=O)N[C@@H](Cc1ccc(O)cc1)C(=O)O)C(C)C. The largest absolute Gasteiger partial charge is 0.508 e. The summed E-state index contributed by atoms with van der Waals surface area (Å²) in [6, 6.07) is 6.65. The summed E-state index contributed by atoms with van der Waals surface area (Å²) in [5, 5.41) is 42.3. The molecule has 0 aromatic heterocycles. The zero-order valence-electron chi connectivity index (χ0n) is 34.4. The number of carbonyl (C=O) groups excluding carboxylic acids is 6. The Balaban J connectivity index is 1.79. The highest BCUT2D eigenvalue weighted by Gasteiger charge is 2.40. The average molecular weight is 874 g/mol. The topological polar surface area (TPSA) is 270 Å². The lowest BCUT2D eigenvalue weighted by Crippen LogP contribution is -2.60. The van der Waals surface area contributed by atoms with Crippen LogP contribution in [0.1, 0.15) is 50.7 Å². The summed E-state index contributed by atoms with van der Waals surface area (Å²) in [5.41, 5.74) is 6.90. The molecule has 1 heterocycles. The molecule has 0 aliphatic carbocycles. The van der Waals surface area contributed by atoms with E-state index in [1.807, 2.05) is 12.5 Å². The summed E-state index contributed by atoms with van der Waals surface area (Å²) < 4.78 is 0. The predicted octanol–water partition coefficient (Wildman–Crippen LogP) is 0.159. The first-order chi connectivity index (χ1) is 28.6. The molecule has 19 heteroatoms. The second-order valence-electron chi connectivity index (χ2n) is 14.9. The summed E-state index contributed by atoms with van der Waals surface area (Å²) in [5.74, 6) is -4.69. The van der Waals surface area contributed by atoms with E-state index in [-0.39, 0.29) is 38.0 Å². The number of thioether (sulfide) groups is 2. The minimum atomic E-state index is -1.37. The van der Waals surface area contributed by atoms with Crippen LogP contribution in [-0.2, 0) is 46.4 Å². The minimum absolute atomic E-state index is 0.00178. The van der Waals surface area contributed by atoms with Crippen LogP contribution < -0.4 is 32.3 Å². The molecule has 0 radical (unpaired) electrons. The molecule has 60 heavy (non-hydrogen) atoms. The molecule has 10 N–H and O–H groups in total. The van der Waals surface area contributed by atoms with Crippen LogP contribution in [0.15, 0.2) is 54.6 Å². The molecule has 1 saturated heterocycles. The lowest BCUT2D eigenvalue weighted by molar-refractivity contribution is -0.142. The van der Waals surface area contributed by atoms with Crippen molar-refractivity contribution in [2.45, 2.75) is 94.7 Å². The van der Waals surface area contributed by atoms with Crippen LogP contribution in [0, 0.1) is 5.92 Å². The third-order valence-electron chi connectivity index (χ3n) is 9.99. The fraction of sp³-hybridized carbons (Fsp3) is 0.537. The molecule has 1 fully saturated rings. The molecular formula is C41H59N7O10S2. The van der Waals surface area contributed by atoms with Crippen molar-refractivity contribution in [1.29, 1.82) is 0 Å². The number of benzene rings is 2. The maximum Gasteiger partial charge on any atom is 0.326 e. The quantitative estimate of drug-likeness (QED) is 0.0682. The zero-order valence-corrected chi connectivity index (χ0v) is 36.1. The van der Waals surface area contributed by atoms with Crippen LogP contribution in [0.25, 0.3) is 0 Å². The van der Waals surface area contributed by atoms with E-state index in [9.17, 15) is 48.9 Å². The number of aliphatic carboxylic acids is 1. The Kier molecular flexibility index (Phi) is 20.7. The Bertz CT molecular complexity index is 1750. The number of aliphatic hydroxyl groups excluding tert-OH is 1. The van der Waals surface area contributed by atoms with E-state index in [1.54, 1.807) is 44.2 Å². The van der Waals surface area contributed by atoms with E-state index in [0.29, 0.717) is 35.5 Å². The fourth-order valence-corrected chi connectivity index (χ4v) is 7.52. The van der Waals surface area contributed by atoms with Gasteiger partial charge in [0.2, 0.25) is 35.4 Å². The van der Waals surface area contributed by atoms with Gasteiger partial charge in [0, 0.05) is 19.4 Å². The average Bonchev–Trinajstić information content (AvgIpc) is 3.73. The Labute approximate surface area is 359 Å². The van der Waals surface area contributed by atoms with Crippen molar-refractivity contribution < 1.29 is 48.9 Å². The highest BCUT2D eigenvalue weighted by molar-refractivity contribution is 7.98. The number of amides is 6. The molecular weight excluding hydrogens is 815 g/mol. The highest BCUT2D eigenvalue weighted by Crippen LogP contribution is 2.21. The van der Waals surface area contributed by atoms with Gasteiger partial charge in [0.15, 0.2) is 0 Å². The molecule has 17 nitrogen and oxygen atoms in total. The number of likely N-dealkylation sites (tertiary alicyclic amines) is 1. The number of rotatable bonds is 24. The van der Waals surface area contributed by atoms with Gasteiger partial charge in [-0.05, 0) is 78.9 Å². The first-order valence-corrected chi connectivity index (χ1v) is 22.6. The van der Waals surface area contributed by atoms with Gasteiger partial charge in [0.05, 0.1) is 6.61 Å². The normalized spacial score (nSPS) is 16.7. The number of carboxylic acids is 1. The van der Waals surface area contributed by atoms with Crippen molar-refractivity contribution in [3.05, 3.63) is 65.7 Å². The fourth-order valence-electron chi connectivity index (χ4n) is 6.58. The smallest absolute Gasteiger partial charge is 0.326 e. The van der Waals surface area contributed by atoms with E-state index in [4.69, 9.17) is 5.73 Å². The van der Waals surface area contributed by atoms with Crippen molar-refractivity contribution in [1.82, 2.24) is 31.5 Å². The summed E-state index contributed by atoms with van der Waals surface area (Å²) in [4.78, 5) is 95.5. The Morgan fingerprint density at radius 2 is 1.28 bits per heavy atom. The molecule has 0 saturated carbocycles. The molecule has 7 atom stereocenters. The Morgan fingerprint density at radius 1 is 0.733 bits per heavy atom. The molecule has 6 amide bonds. The van der Waals surface area contributed by atoms with Crippen molar-refractivity contribution in [2.24, 2.45) is 11.7 Å². The standard InChI is InChI=1S/C41H59N7O10S2/c1-24(2)34(39(55)45-31(21-25-9-6-5-7-10-25)37(53)46-32(41(57)58)22-26-12-14-27(50)15-13-26)47-36(52)29(16-19-59-3)43-38(54)33-11-8-18-48(33)40(56)30(17-20-60-4)44-35(51)28(42)23-49/h5-7,9-10,12-15,24,28-34,49-50H,8,11,16-23,42H2,1-4H3,(H,43,54)(H,44,51)(H,45,55)(H,46,53)(H,47,52)(H,57,58)/t28-,29-,30-,31-,32-,33-,34-/m0/s1. The Morgan fingerprint density at radius 3 is 1.87 bits per heavy atom. The molecule has 330 valence electrons. The minimum Gasteiger partial charge on any atom is -0.508 e. The number of nitrogens with zero attached hydrogens (tertiary/aromatic N) is 1. The summed E-state index contributed by atoms with van der Waals surface area (Å²) >= 11 is 2.91.